The van der Waals surface area contributed by atoms with Gasteiger partial charge in [0.2, 0.25) is 5.91 Å². The first-order chi connectivity index (χ1) is 6.77. The number of piperidine rings is 1. The summed E-state index contributed by atoms with van der Waals surface area (Å²) in [6.45, 7) is 5.23. The summed E-state index contributed by atoms with van der Waals surface area (Å²) < 4.78 is 0. The maximum absolute atomic E-state index is 11.9. The molecule has 0 saturated carbocycles. The molecular formula is C11H20N2O. The average Bonchev–Trinajstić information content (AvgIpc) is 2.12. The van der Waals surface area contributed by atoms with Gasteiger partial charge in [0.1, 0.15) is 0 Å². The molecule has 1 amide bonds. The summed E-state index contributed by atoms with van der Waals surface area (Å²) in [6.07, 6.45) is 4.43. The second kappa shape index (κ2) is 4.30. The number of likely N-dealkylation sites (tertiary alicyclic amines) is 1. The topological polar surface area (TPSA) is 32.3 Å². The summed E-state index contributed by atoms with van der Waals surface area (Å²) in [5, 5.41) is 3.21. The molecule has 0 bridgehead atoms. The smallest absolute Gasteiger partial charge is 0.223 e. The van der Waals surface area contributed by atoms with Crippen molar-refractivity contribution in [3.05, 3.63) is 0 Å². The van der Waals surface area contributed by atoms with Crippen molar-refractivity contribution in [3.8, 4) is 0 Å². The minimum Gasteiger partial charge on any atom is -0.340 e. The van der Waals surface area contributed by atoms with Crippen LogP contribution >= 0.6 is 0 Å². The first-order valence-electron chi connectivity index (χ1n) is 5.77. The molecule has 3 nitrogen and oxygen atoms in total. The molecule has 0 aromatic carbocycles. The van der Waals surface area contributed by atoms with Gasteiger partial charge in [0.15, 0.2) is 0 Å². The molecule has 2 rings (SSSR count). The zero-order chi connectivity index (χ0) is 9.97. The number of hydrogen-bond donors (Lipinski definition) is 1. The fourth-order valence-corrected chi connectivity index (χ4v) is 2.33. The van der Waals surface area contributed by atoms with Crippen molar-refractivity contribution in [2.75, 3.05) is 19.6 Å². The molecule has 0 aliphatic carbocycles. The van der Waals surface area contributed by atoms with Crippen LogP contribution < -0.4 is 5.32 Å². The van der Waals surface area contributed by atoms with E-state index in [4.69, 9.17) is 0 Å². The number of amides is 1. The van der Waals surface area contributed by atoms with E-state index in [0.717, 1.165) is 26.1 Å². The molecular weight excluding hydrogens is 176 g/mol. The summed E-state index contributed by atoms with van der Waals surface area (Å²) in [5.74, 6) is 0.986. The largest absolute Gasteiger partial charge is 0.340 e. The maximum Gasteiger partial charge on any atom is 0.223 e. The maximum atomic E-state index is 11.9. The Morgan fingerprint density at radius 2 is 2.21 bits per heavy atom. The van der Waals surface area contributed by atoms with Gasteiger partial charge >= 0.3 is 0 Å². The lowest BCUT2D eigenvalue weighted by Gasteiger charge is -2.36. The predicted octanol–water partition coefficient (Wildman–Crippen LogP) is 0.997. The van der Waals surface area contributed by atoms with Gasteiger partial charge in [-0.3, -0.25) is 4.79 Å². The minimum atomic E-state index is 0.378. The highest BCUT2D eigenvalue weighted by molar-refractivity contribution is 5.77. The highest BCUT2D eigenvalue weighted by Gasteiger charge is 2.27. The number of nitrogens with one attached hydrogen (secondary N) is 1. The molecule has 2 heterocycles. The van der Waals surface area contributed by atoms with E-state index in [0.29, 0.717) is 17.9 Å². The molecule has 0 aromatic heterocycles. The molecule has 0 spiro atoms. The minimum absolute atomic E-state index is 0.378. The Kier molecular flexibility index (Phi) is 3.06. The Balaban J connectivity index is 1.82. The number of nitrogens with zero attached hydrogens (tertiary/aromatic N) is 1. The van der Waals surface area contributed by atoms with Crippen LogP contribution in [-0.4, -0.2) is 36.5 Å². The third-order valence-corrected chi connectivity index (χ3v) is 3.45. The monoisotopic (exact) mass is 196 g/mol. The van der Waals surface area contributed by atoms with Crippen molar-refractivity contribution in [3.63, 3.8) is 0 Å². The van der Waals surface area contributed by atoms with Gasteiger partial charge in [-0.05, 0) is 45.2 Å². The zero-order valence-corrected chi connectivity index (χ0v) is 8.96. The molecule has 2 saturated heterocycles. The number of rotatable bonds is 2. The van der Waals surface area contributed by atoms with Crippen LogP contribution in [0.25, 0.3) is 0 Å². The third-order valence-electron chi connectivity index (χ3n) is 3.45. The van der Waals surface area contributed by atoms with Crippen LogP contribution in [0.3, 0.4) is 0 Å². The SMILES string of the molecule is CC1CCCCN1C(=O)CC1CNC1. The van der Waals surface area contributed by atoms with Crippen molar-refractivity contribution in [2.24, 2.45) is 5.92 Å². The van der Waals surface area contributed by atoms with Crippen LogP contribution in [0.15, 0.2) is 0 Å². The van der Waals surface area contributed by atoms with E-state index in [9.17, 15) is 4.79 Å². The van der Waals surface area contributed by atoms with Gasteiger partial charge in [-0.15, -0.1) is 0 Å². The summed E-state index contributed by atoms with van der Waals surface area (Å²) in [5.41, 5.74) is 0. The van der Waals surface area contributed by atoms with E-state index >= 15 is 0 Å². The van der Waals surface area contributed by atoms with E-state index in [1.54, 1.807) is 0 Å². The lowest BCUT2D eigenvalue weighted by Crippen LogP contribution is -2.48. The van der Waals surface area contributed by atoms with Gasteiger partial charge in [-0.2, -0.15) is 0 Å². The zero-order valence-electron chi connectivity index (χ0n) is 8.96. The van der Waals surface area contributed by atoms with Gasteiger partial charge < -0.3 is 10.2 Å². The Bertz CT molecular complexity index is 213. The van der Waals surface area contributed by atoms with Crippen molar-refractivity contribution >= 4 is 5.91 Å². The molecule has 0 radical (unpaired) electrons. The molecule has 80 valence electrons. The Hall–Kier alpha value is -0.570. The molecule has 0 aromatic rings. The molecule has 2 aliphatic heterocycles. The molecule has 1 N–H and O–H groups in total. The Morgan fingerprint density at radius 3 is 2.79 bits per heavy atom. The van der Waals surface area contributed by atoms with E-state index in [2.05, 4.69) is 17.1 Å². The van der Waals surface area contributed by atoms with Crippen molar-refractivity contribution < 1.29 is 4.79 Å². The third kappa shape index (κ3) is 2.08. The Labute approximate surface area is 85.8 Å². The van der Waals surface area contributed by atoms with Crippen molar-refractivity contribution in [2.45, 2.75) is 38.6 Å². The van der Waals surface area contributed by atoms with Gasteiger partial charge in [0, 0.05) is 19.0 Å². The van der Waals surface area contributed by atoms with Crippen molar-refractivity contribution in [1.82, 2.24) is 10.2 Å². The fraction of sp³-hybridized carbons (Fsp3) is 0.909. The highest BCUT2D eigenvalue weighted by atomic mass is 16.2. The molecule has 2 fully saturated rings. The number of carbonyl (C=O) groups excluding carboxylic acids is 1. The normalized spacial score (nSPS) is 28.6. The molecule has 14 heavy (non-hydrogen) atoms. The summed E-state index contributed by atoms with van der Waals surface area (Å²) >= 11 is 0. The summed E-state index contributed by atoms with van der Waals surface area (Å²) in [7, 11) is 0. The highest BCUT2D eigenvalue weighted by Crippen LogP contribution is 2.19. The van der Waals surface area contributed by atoms with Gasteiger partial charge in [-0.1, -0.05) is 0 Å². The molecule has 1 atom stereocenters. The standard InChI is InChI=1S/C11H20N2O/c1-9-4-2-3-5-13(9)11(14)6-10-7-12-8-10/h9-10,12H,2-8H2,1H3. The second-order valence-electron chi connectivity index (χ2n) is 4.66. The van der Waals surface area contributed by atoms with E-state index in [-0.39, 0.29) is 0 Å². The number of carbonyl (C=O) groups is 1. The van der Waals surface area contributed by atoms with E-state index < -0.39 is 0 Å². The quantitative estimate of drug-likeness (QED) is 0.714. The lowest BCUT2D eigenvalue weighted by molar-refractivity contribution is -0.135. The first-order valence-corrected chi connectivity index (χ1v) is 5.77. The second-order valence-corrected chi connectivity index (χ2v) is 4.66. The predicted molar refractivity (Wildman–Crippen MR) is 56.0 cm³/mol. The van der Waals surface area contributed by atoms with Crippen LogP contribution in [0.4, 0.5) is 0 Å². The van der Waals surface area contributed by atoms with Crippen LogP contribution in [0.2, 0.25) is 0 Å². The molecule has 1 unspecified atom stereocenters. The van der Waals surface area contributed by atoms with E-state index in [1.165, 1.54) is 19.3 Å². The van der Waals surface area contributed by atoms with Crippen molar-refractivity contribution in [1.29, 1.82) is 0 Å². The summed E-state index contributed by atoms with van der Waals surface area (Å²) in [6, 6.07) is 0.476. The van der Waals surface area contributed by atoms with Crippen LogP contribution in [0.5, 0.6) is 0 Å². The summed E-state index contributed by atoms with van der Waals surface area (Å²) in [4.78, 5) is 14.0. The van der Waals surface area contributed by atoms with Gasteiger partial charge in [-0.25, -0.2) is 0 Å². The first kappa shape index (κ1) is 9.97. The van der Waals surface area contributed by atoms with Crippen LogP contribution in [0, 0.1) is 5.92 Å². The van der Waals surface area contributed by atoms with Crippen LogP contribution in [-0.2, 0) is 4.79 Å². The van der Waals surface area contributed by atoms with Gasteiger partial charge in [0.25, 0.3) is 0 Å². The molecule has 2 aliphatic rings. The lowest BCUT2D eigenvalue weighted by atomic mass is 9.96. The Morgan fingerprint density at radius 1 is 1.43 bits per heavy atom. The fourth-order valence-electron chi connectivity index (χ4n) is 2.33. The van der Waals surface area contributed by atoms with E-state index in [1.807, 2.05) is 0 Å². The molecule has 3 heteroatoms. The number of hydrogen-bond acceptors (Lipinski definition) is 2. The van der Waals surface area contributed by atoms with Crippen LogP contribution in [0.1, 0.15) is 32.6 Å². The average molecular weight is 196 g/mol. The van der Waals surface area contributed by atoms with Gasteiger partial charge in [0.05, 0.1) is 0 Å².